The van der Waals surface area contributed by atoms with Gasteiger partial charge in [0.15, 0.2) is 5.78 Å². The van der Waals surface area contributed by atoms with Crippen LogP contribution in [0.1, 0.15) is 40.7 Å². The maximum atomic E-state index is 12.1. The van der Waals surface area contributed by atoms with Crippen LogP contribution in [0, 0.1) is 12.8 Å². The van der Waals surface area contributed by atoms with Gasteiger partial charge in [0.1, 0.15) is 0 Å². The molecule has 122 valence electrons. The molecule has 5 heteroatoms. The van der Waals surface area contributed by atoms with Gasteiger partial charge in [0.25, 0.3) is 5.91 Å². The lowest BCUT2D eigenvalue weighted by Gasteiger charge is -2.21. The molecule has 0 unspecified atom stereocenters. The summed E-state index contributed by atoms with van der Waals surface area (Å²) >= 11 is 0. The number of carbonyl (C=O) groups is 2. The lowest BCUT2D eigenvalue weighted by Crippen LogP contribution is -2.23. The molecule has 1 aromatic carbocycles. The Morgan fingerprint density at radius 1 is 1.21 bits per heavy atom. The Balaban J connectivity index is 1.77. The quantitative estimate of drug-likeness (QED) is 0.881. The number of anilines is 1. The molecule has 1 N–H and O–H groups in total. The Morgan fingerprint density at radius 3 is 2.71 bits per heavy atom. The minimum atomic E-state index is -0.298. The molecule has 0 radical (unpaired) electrons. The number of aromatic nitrogens is 2. The number of rotatable bonds is 3. The van der Waals surface area contributed by atoms with Crippen LogP contribution in [-0.4, -0.2) is 21.7 Å². The summed E-state index contributed by atoms with van der Waals surface area (Å²) in [6.45, 7) is 3.81. The summed E-state index contributed by atoms with van der Waals surface area (Å²) in [6, 6.07) is 9.56. The predicted octanol–water partition coefficient (Wildman–Crippen LogP) is 3.20. The highest BCUT2D eigenvalue weighted by Crippen LogP contribution is 2.26. The molecule has 3 rings (SSSR count). The first-order valence-electron chi connectivity index (χ1n) is 7.97. The van der Waals surface area contributed by atoms with E-state index in [-0.39, 0.29) is 23.6 Å². The average Bonchev–Trinajstić information content (AvgIpc) is 2.53. The van der Waals surface area contributed by atoms with E-state index in [9.17, 15) is 9.59 Å². The minimum absolute atomic E-state index is 0.0862. The van der Waals surface area contributed by atoms with Crippen molar-refractivity contribution in [2.75, 3.05) is 5.32 Å². The van der Waals surface area contributed by atoms with Crippen molar-refractivity contribution < 1.29 is 9.59 Å². The summed E-state index contributed by atoms with van der Waals surface area (Å²) in [5.41, 5.74) is 2.91. The zero-order chi connectivity index (χ0) is 17.1. The van der Waals surface area contributed by atoms with E-state index in [0.29, 0.717) is 17.7 Å². The third-order valence-corrected chi connectivity index (χ3v) is 3.98. The molecule has 1 amide bonds. The number of nitrogens with one attached hydrogen (secondary N) is 1. The van der Waals surface area contributed by atoms with E-state index in [1.165, 1.54) is 6.08 Å². The van der Waals surface area contributed by atoms with Crippen molar-refractivity contribution in [3.8, 4) is 0 Å². The van der Waals surface area contributed by atoms with E-state index in [2.05, 4.69) is 15.3 Å². The summed E-state index contributed by atoms with van der Waals surface area (Å²) in [7, 11) is 0. The van der Waals surface area contributed by atoms with Gasteiger partial charge in [-0.25, -0.2) is 9.97 Å². The number of benzene rings is 1. The van der Waals surface area contributed by atoms with Crippen molar-refractivity contribution >= 4 is 23.7 Å². The van der Waals surface area contributed by atoms with Gasteiger partial charge in [0.2, 0.25) is 5.95 Å². The normalized spacial score (nSPS) is 16.9. The molecule has 1 heterocycles. The highest BCUT2D eigenvalue weighted by atomic mass is 16.1. The molecule has 2 aromatic rings. The van der Waals surface area contributed by atoms with E-state index < -0.39 is 0 Å². The number of Topliss-reactive ketones (excluding diaryl/α,β-unsaturated/α-hetero) is 1. The van der Waals surface area contributed by atoms with Gasteiger partial charge >= 0.3 is 0 Å². The summed E-state index contributed by atoms with van der Waals surface area (Å²) in [5.74, 6) is 0.299. The van der Waals surface area contributed by atoms with Gasteiger partial charge in [-0.3, -0.25) is 14.9 Å². The molecule has 1 aromatic heterocycles. The zero-order valence-electron chi connectivity index (χ0n) is 13.7. The van der Waals surface area contributed by atoms with Crippen molar-refractivity contribution in [2.24, 2.45) is 5.92 Å². The maximum absolute atomic E-state index is 12.1. The van der Waals surface area contributed by atoms with E-state index in [4.69, 9.17) is 0 Å². The van der Waals surface area contributed by atoms with Gasteiger partial charge in [-0.15, -0.1) is 0 Å². The molecule has 0 saturated heterocycles. The minimum Gasteiger partial charge on any atom is -0.294 e. The van der Waals surface area contributed by atoms with Crippen molar-refractivity contribution in [3.05, 3.63) is 58.9 Å². The fourth-order valence-electron chi connectivity index (χ4n) is 2.91. The van der Waals surface area contributed by atoms with Crippen LogP contribution in [0.3, 0.4) is 0 Å². The van der Waals surface area contributed by atoms with Crippen molar-refractivity contribution in [3.63, 3.8) is 0 Å². The molecule has 0 saturated carbocycles. The third kappa shape index (κ3) is 3.56. The van der Waals surface area contributed by atoms with Crippen molar-refractivity contribution in [1.29, 1.82) is 0 Å². The van der Waals surface area contributed by atoms with E-state index >= 15 is 0 Å². The number of amides is 1. The first-order valence-corrected chi connectivity index (χ1v) is 7.97. The standard InChI is InChI=1S/C19H19N3O2/c1-12-10-15-18(16(23)11-12)13(2)20-19(21-15)22-17(24)9-8-14-6-4-3-5-7-14/h3-9,12H,10-11H2,1-2H3,(H,20,21,22,24)/b9-8+/t12-/m1/s1. The summed E-state index contributed by atoms with van der Waals surface area (Å²) in [5, 5.41) is 2.67. The number of carbonyl (C=O) groups excluding carboxylic acids is 2. The topological polar surface area (TPSA) is 72.0 Å². The number of aryl methyl sites for hydroxylation is 1. The fourth-order valence-corrected chi connectivity index (χ4v) is 2.91. The van der Waals surface area contributed by atoms with Crippen LogP contribution in [-0.2, 0) is 11.2 Å². The molecule has 1 atom stereocenters. The monoisotopic (exact) mass is 321 g/mol. The first-order chi connectivity index (χ1) is 11.5. The Bertz CT molecular complexity index is 813. The molecule has 24 heavy (non-hydrogen) atoms. The molecule has 1 aliphatic rings. The van der Waals surface area contributed by atoms with Crippen LogP contribution in [0.4, 0.5) is 5.95 Å². The average molecular weight is 321 g/mol. The Hall–Kier alpha value is -2.82. The van der Waals surface area contributed by atoms with Gasteiger partial charge in [0.05, 0.1) is 17.0 Å². The largest absolute Gasteiger partial charge is 0.294 e. The van der Waals surface area contributed by atoms with Crippen LogP contribution < -0.4 is 5.32 Å². The van der Waals surface area contributed by atoms with Gasteiger partial charge in [-0.05, 0) is 30.9 Å². The number of ketones is 1. The Labute approximate surface area is 140 Å². The van der Waals surface area contributed by atoms with Crippen LogP contribution in [0.15, 0.2) is 36.4 Å². The highest BCUT2D eigenvalue weighted by Gasteiger charge is 2.26. The van der Waals surface area contributed by atoms with E-state index in [1.54, 1.807) is 13.0 Å². The number of hydrogen-bond donors (Lipinski definition) is 1. The Kier molecular flexibility index (Phi) is 4.51. The smallest absolute Gasteiger partial charge is 0.250 e. The molecule has 1 aliphatic carbocycles. The number of fused-ring (bicyclic) bond motifs is 1. The van der Waals surface area contributed by atoms with E-state index in [0.717, 1.165) is 17.7 Å². The second kappa shape index (κ2) is 6.74. The summed E-state index contributed by atoms with van der Waals surface area (Å²) in [6.07, 6.45) is 4.43. The third-order valence-electron chi connectivity index (χ3n) is 3.98. The lowest BCUT2D eigenvalue weighted by molar-refractivity contribution is -0.111. The van der Waals surface area contributed by atoms with Crippen molar-refractivity contribution in [2.45, 2.75) is 26.7 Å². The summed E-state index contributed by atoms with van der Waals surface area (Å²) in [4.78, 5) is 32.8. The molecular weight excluding hydrogens is 302 g/mol. The Morgan fingerprint density at radius 2 is 1.96 bits per heavy atom. The van der Waals surface area contributed by atoms with Gasteiger partial charge in [0, 0.05) is 12.5 Å². The maximum Gasteiger partial charge on any atom is 0.250 e. The second-order valence-corrected chi connectivity index (χ2v) is 6.12. The molecule has 0 bridgehead atoms. The molecular formula is C19H19N3O2. The van der Waals surface area contributed by atoms with Crippen LogP contribution in [0.5, 0.6) is 0 Å². The second-order valence-electron chi connectivity index (χ2n) is 6.12. The van der Waals surface area contributed by atoms with Gasteiger partial charge < -0.3 is 0 Å². The van der Waals surface area contributed by atoms with Crippen molar-refractivity contribution in [1.82, 2.24) is 9.97 Å². The molecule has 0 fully saturated rings. The van der Waals surface area contributed by atoms with Crippen LogP contribution >= 0.6 is 0 Å². The number of hydrogen-bond acceptors (Lipinski definition) is 4. The van der Waals surface area contributed by atoms with E-state index in [1.807, 2.05) is 37.3 Å². The molecule has 0 aliphatic heterocycles. The first kappa shape index (κ1) is 16.1. The van der Waals surface area contributed by atoms with Crippen LogP contribution in [0.25, 0.3) is 6.08 Å². The SMILES string of the molecule is Cc1nc(NC(=O)/C=C/c2ccccc2)nc2c1C(=O)C[C@H](C)C2. The van der Waals surface area contributed by atoms with Gasteiger partial charge in [-0.1, -0.05) is 37.3 Å². The number of nitrogens with zero attached hydrogens (tertiary/aromatic N) is 2. The molecule has 5 nitrogen and oxygen atoms in total. The summed E-state index contributed by atoms with van der Waals surface area (Å²) < 4.78 is 0. The van der Waals surface area contributed by atoms with Gasteiger partial charge in [-0.2, -0.15) is 0 Å². The predicted molar refractivity (Wildman–Crippen MR) is 92.7 cm³/mol. The zero-order valence-corrected chi connectivity index (χ0v) is 13.7. The molecule has 0 spiro atoms. The van der Waals surface area contributed by atoms with Crippen LogP contribution in [0.2, 0.25) is 0 Å². The lowest BCUT2D eigenvalue weighted by atomic mass is 9.86. The fraction of sp³-hybridized carbons (Fsp3) is 0.263. The highest BCUT2D eigenvalue weighted by molar-refractivity contribution is 6.02.